The van der Waals surface area contributed by atoms with Crippen LogP contribution in [-0.2, 0) is 6.42 Å². The van der Waals surface area contributed by atoms with E-state index in [1.165, 1.54) is 57.8 Å². The van der Waals surface area contributed by atoms with E-state index in [2.05, 4.69) is 37.3 Å². The van der Waals surface area contributed by atoms with Gasteiger partial charge in [0, 0.05) is 0 Å². The molecule has 1 aromatic rings. The summed E-state index contributed by atoms with van der Waals surface area (Å²) in [6.07, 6.45) is 16.3. The molecule has 0 amide bonds. The number of benzene rings is 1. The SMILES string of the molecule is CCCC1CCC(C2CCC(Cc3ccccc3)CC2)CC1. The summed E-state index contributed by atoms with van der Waals surface area (Å²) in [7, 11) is 0. The Morgan fingerprint density at radius 2 is 1.27 bits per heavy atom. The van der Waals surface area contributed by atoms with E-state index in [1.807, 2.05) is 0 Å². The lowest BCUT2D eigenvalue weighted by atomic mass is 9.68. The summed E-state index contributed by atoms with van der Waals surface area (Å²) in [6, 6.07) is 11.1. The third kappa shape index (κ3) is 4.37. The van der Waals surface area contributed by atoms with Crippen LogP contribution in [0.3, 0.4) is 0 Å². The zero-order valence-corrected chi connectivity index (χ0v) is 14.5. The van der Waals surface area contributed by atoms with Crippen molar-refractivity contribution in [2.24, 2.45) is 23.7 Å². The van der Waals surface area contributed by atoms with Crippen LogP contribution in [0.15, 0.2) is 30.3 Å². The van der Waals surface area contributed by atoms with E-state index < -0.39 is 0 Å². The van der Waals surface area contributed by atoms with Gasteiger partial charge in [-0.15, -0.1) is 0 Å². The van der Waals surface area contributed by atoms with Gasteiger partial charge in [0.2, 0.25) is 0 Å². The van der Waals surface area contributed by atoms with Gasteiger partial charge in [0.05, 0.1) is 0 Å². The Morgan fingerprint density at radius 1 is 0.727 bits per heavy atom. The van der Waals surface area contributed by atoms with Crippen molar-refractivity contribution in [3.8, 4) is 0 Å². The van der Waals surface area contributed by atoms with E-state index in [0.717, 1.165) is 23.7 Å². The Labute approximate surface area is 137 Å². The van der Waals surface area contributed by atoms with Gasteiger partial charge < -0.3 is 0 Å². The normalized spacial score (nSPS) is 32.8. The molecule has 3 rings (SSSR count). The molecule has 2 saturated carbocycles. The van der Waals surface area contributed by atoms with E-state index in [-0.39, 0.29) is 0 Å². The molecular weight excluding hydrogens is 264 g/mol. The summed E-state index contributed by atoms with van der Waals surface area (Å²) in [6.45, 7) is 2.35. The van der Waals surface area contributed by atoms with Crippen LogP contribution in [0.25, 0.3) is 0 Å². The van der Waals surface area contributed by atoms with Crippen LogP contribution >= 0.6 is 0 Å². The third-order valence-corrected chi connectivity index (χ3v) is 6.51. The van der Waals surface area contributed by atoms with Gasteiger partial charge in [0.15, 0.2) is 0 Å². The molecular formula is C22H34. The molecule has 122 valence electrons. The molecule has 0 saturated heterocycles. The molecule has 0 heterocycles. The maximum absolute atomic E-state index is 2.35. The highest BCUT2D eigenvalue weighted by Crippen LogP contribution is 2.42. The summed E-state index contributed by atoms with van der Waals surface area (Å²) >= 11 is 0. The maximum Gasteiger partial charge on any atom is -0.0250 e. The summed E-state index contributed by atoms with van der Waals surface area (Å²) in [5, 5.41) is 0. The second kappa shape index (κ2) is 8.18. The largest absolute Gasteiger partial charge is 0.0654 e. The molecule has 0 spiro atoms. The van der Waals surface area contributed by atoms with E-state index in [4.69, 9.17) is 0 Å². The lowest BCUT2D eigenvalue weighted by Crippen LogP contribution is -2.26. The average molecular weight is 299 g/mol. The van der Waals surface area contributed by atoms with Crippen LogP contribution in [-0.4, -0.2) is 0 Å². The highest BCUT2D eigenvalue weighted by molar-refractivity contribution is 5.15. The first-order chi connectivity index (χ1) is 10.8. The van der Waals surface area contributed by atoms with Gasteiger partial charge >= 0.3 is 0 Å². The van der Waals surface area contributed by atoms with Crippen molar-refractivity contribution in [3.63, 3.8) is 0 Å². The fourth-order valence-corrected chi connectivity index (χ4v) is 5.17. The van der Waals surface area contributed by atoms with Crippen molar-refractivity contribution in [1.82, 2.24) is 0 Å². The fraction of sp³-hybridized carbons (Fsp3) is 0.727. The van der Waals surface area contributed by atoms with E-state index >= 15 is 0 Å². The Kier molecular flexibility index (Phi) is 5.98. The zero-order valence-electron chi connectivity index (χ0n) is 14.5. The quantitative estimate of drug-likeness (QED) is 0.571. The van der Waals surface area contributed by atoms with Crippen molar-refractivity contribution in [2.75, 3.05) is 0 Å². The highest BCUT2D eigenvalue weighted by atomic mass is 14.4. The summed E-state index contributed by atoms with van der Waals surface area (Å²) in [5.41, 5.74) is 1.55. The first-order valence-corrected chi connectivity index (χ1v) is 9.89. The Balaban J connectivity index is 1.40. The monoisotopic (exact) mass is 298 g/mol. The number of hydrogen-bond donors (Lipinski definition) is 0. The molecule has 0 heteroatoms. The predicted molar refractivity (Wildman–Crippen MR) is 96.0 cm³/mol. The first kappa shape index (κ1) is 16.1. The van der Waals surface area contributed by atoms with Gasteiger partial charge in [-0.2, -0.15) is 0 Å². The Morgan fingerprint density at radius 3 is 1.82 bits per heavy atom. The van der Waals surface area contributed by atoms with Crippen LogP contribution < -0.4 is 0 Å². The number of rotatable bonds is 5. The Bertz CT molecular complexity index is 405. The van der Waals surface area contributed by atoms with Gasteiger partial charge in [0.25, 0.3) is 0 Å². The Hall–Kier alpha value is -0.780. The standard InChI is InChI=1S/C22H34/c1-2-6-18-9-13-21(14-10-18)22-15-11-20(12-16-22)17-19-7-4-3-5-8-19/h3-5,7-8,18,20-22H,2,6,9-17H2,1H3. The lowest BCUT2D eigenvalue weighted by molar-refractivity contribution is 0.143. The molecule has 0 radical (unpaired) electrons. The molecule has 22 heavy (non-hydrogen) atoms. The van der Waals surface area contributed by atoms with Crippen molar-refractivity contribution in [3.05, 3.63) is 35.9 Å². The van der Waals surface area contributed by atoms with Gasteiger partial charge in [-0.25, -0.2) is 0 Å². The smallest absolute Gasteiger partial charge is 0.0250 e. The number of hydrogen-bond acceptors (Lipinski definition) is 0. The molecule has 0 bridgehead atoms. The van der Waals surface area contributed by atoms with Crippen molar-refractivity contribution >= 4 is 0 Å². The van der Waals surface area contributed by atoms with Crippen LogP contribution in [0, 0.1) is 23.7 Å². The highest BCUT2D eigenvalue weighted by Gasteiger charge is 2.30. The minimum Gasteiger partial charge on any atom is -0.0654 e. The van der Waals surface area contributed by atoms with Gasteiger partial charge in [0.1, 0.15) is 0 Å². The minimum absolute atomic E-state index is 0.954. The second-order valence-electron chi connectivity index (χ2n) is 8.04. The molecule has 2 fully saturated rings. The van der Waals surface area contributed by atoms with Crippen molar-refractivity contribution in [2.45, 2.75) is 77.6 Å². The molecule has 0 nitrogen and oxygen atoms in total. The van der Waals surface area contributed by atoms with Crippen LogP contribution in [0.5, 0.6) is 0 Å². The summed E-state index contributed by atoms with van der Waals surface area (Å²) < 4.78 is 0. The van der Waals surface area contributed by atoms with E-state index in [1.54, 1.807) is 18.4 Å². The molecule has 0 atom stereocenters. The molecule has 0 N–H and O–H groups in total. The van der Waals surface area contributed by atoms with Crippen molar-refractivity contribution in [1.29, 1.82) is 0 Å². The lowest BCUT2D eigenvalue weighted by Gasteiger charge is -2.38. The van der Waals surface area contributed by atoms with E-state index in [0.29, 0.717) is 0 Å². The topological polar surface area (TPSA) is 0 Å². The summed E-state index contributed by atoms with van der Waals surface area (Å²) in [5.74, 6) is 4.16. The fourth-order valence-electron chi connectivity index (χ4n) is 5.17. The zero-order chi connectivity index (χ0) is 15.2. The second-order valence-corrected chi connectivity index (χ2v) is 8.04. The first-order valence-electron chi connectivity index (χ1n) is 9.89. The molecule has 2 aliphatic rings. The average Bonchev–Trinajstić information content (AvgIpc) is 2.58. The predicted octanol–water partition coefficient (Wildman–Crippen LogP) is 6.64. The summed E-state index contributed by atoms with van der Waals surface area (Å²) in [4.78, 5) is 0. The van der Waals surface area contributed by atoms with Crippen LogP contribution in [0.1, 0.15) is 76.7 Å². The maximum atomic E-state index is 2.35. The van der Waals surface area contributed by atoms with Crippen LogP contribution in [0.4, 0.5) is 0 Å². The van der Waals surface area contributed by atoms with E-state index in [9.17, 15) is 0 Å². The van der Waals surface area contributed by atoms with Crippen molar-refractivity contribution < 1.29 is 0 Å². The molecule has 0 aliphatic heterocycles. The van der Waals surface area contributed by atoms with Gasteiger partial charge in [-0.3, -0.25) is 0 Å². The molecule has 0 aromatic heterocycles. The van der Waals surface area contributed by atoms with Crippen LogP contribution in [0.2, 0.25) is 0 Å². The van der Waals surface area contributed by atoms with Gasteiger partial charge in [-0.1, -0.05) is 62.9 Å². The molecule has 0 unspecified atom stereocenters. The molecule has 2 aliphatic carbocycles. The van der Waals surface area contributed by atoms with Gasteiger partial charge in [-0.05, 0) is 74.2 Å². The third-order valence-electron chi connectivity index (χ3n) is 6.51. The minimum atomic E-state index is 0.954. The molecule has 1 aromatic carbocycles.